The van der Waals surface area contributed by atoms with Crippen molar-refractivity contribution in [3.63, 3.8) is 0 Å². The van der Waals surface area contributed by atoms with Crippen LogP contribution in [0.2, 0.25) is 0 Å². The number of furan rings is 1. The van der Waals surface area contributed by atoms with Gasteiger partial charge in [-0.25, -0.2) is 8.42 Å². The molecule has 0 radical (unpaired) electrons. The maximum absolute atomic E-state index is 11.5. The van der Waals surface area contributed by atoms with Crippen LogP contribution < -0.4 is 0 Å². The zero-order chi connectivity index (χ0) is 17.6. The second-order valence-corrected chi connectivity index (χ2v) is 9.28. The van der Waals surface area contributed by atoms with Crippen molar-refractivity contribution < 1.29 is 12.8 Å². The van der Waals surface area contributed by atoms with E-state index in [1.807, 2.05) is 12.1 Å². The SMILES string of the molecule is CN(Cc1ccc(CN2CCc3[nH]nc(C4CC4)c3C2)o1)S(C)(=O)=O. The average Bonchev–Trinajstić information content (AvgIpc) is 3.16. The predicted octanol–water partition coefficient (Wildman–Crippen LogP) is 1.83. The van der Waals surface area contributed by atoms with Crippen LogP contribution in [0.1, 0.15) is 47.2 Å². The first kappa shape index (κ1) is 16.8. The molecule has 4 rings (SSSR count). The highest BCUT2D eigenvalue weighted by atomic mass is 32.2. The lowest BCUT2D eigenvalue weighted by atomic mass is 10.0. The van der Waals surface area contributed by atoms with Gasteiger partial charge in [0.1, 0.15) is 11.5 Å². The lowest BCUT2D eigenvalue weighted by Gasteiger charge is -2.26. The van der Waals surface area contributed by atoms with E-state index in [-0.39, 0.29) is 6.54 Å². The molecule has 0 saturated heterocycles. The molecule has 0 aromatic carbocycles. The minimum atomic E-state index is -3.20. The van der Waals surface area contributed by atoms with Crippen LogP contribution >= 0.6 is 0 Å². The monoisotopic (exact) mass is 364 g/mol. The highest BCUT2D eigenvalue weighted by Crippen LogP contribution is 2.42. The highest BCUT2D eigenvalue weighted by Gasteiger charge is 2.32. The smallest absolute Gasteiger partial charge is 0.211 e. The molecule has 8 heteroatoms. The van der Waals surface area contributed by atoms with Crippen molar-refractivity contribution in [2.45, 2.75) is 44.8 Å². The Morgan fingerprint density at radius 3 is 2.84 bits per heavy atom. The lowest BCUT2D eigenvalue weighted by Crippen LogP contribution is -2.30. The van der Waals surface area contributed by atoms with Crippen LogP contribution in [0.3, 0.4) is 0 Å². The second-order valence-electron chi connectivity index (χ2n) is 7.19. The van der Waals surface area contributed by atoms with E-state index >= 15 is 0 Å². The van der Waals surface area contributed by atoms with Gasteiger partial charge in [0.05, 0.1) is 25.0 Å². The fourth-order valence-electron chi connectivity index (χ4n) is 3.35. The van der Waals surface area contributed by atoms with E-state index in [0.717, 1.165) is 31.8 Å². The first-order chi connectivity index (χ1) is 11.9. The topological polar surface area (TPSA) is 82.4 Å². The lowest BCUT2D eigenvalue weighted by molar-refractivity contribution is 0.221. The third-order valence-electron chi connectivity index (χ3n) is 5.05. The van der Waals surface area contributed by atoms with Gasteiger partial charge in [0.25, 0.3) is 0 Å². The Morgan fingerprint density at radius 2 is 2.12 bits per heavy atom. The molecule has 7 nitrogen and oxygen atoms in total. The molecule has 1 N–H and O–H groups in total. The Hall–Kier alpha value is -1.64. The maximum Gasteiger partial charge on any atom is 0.211 e. The minimum absolute atomic E-state index is 0.260. The zero-order valence-electron chi connectivity index (χ0n) is 14.7. The Bertz CT molecular complexity index is 866. The first-order valence-electron chi connectivity index (χ1n) is 8.67. The molecule has 0 spiro atoms. The Kier molecular flexibility index (Phi) is 4.21. The molecule has 1 fully saturated rings. The average molecular weight is 364 g/mol. The molecule has 0 atom stereocenters. The highest BCUT2D eigenvalue weighted by molar-refractivity contribution is 7.88. The van der Waals surface area contributed by atoms with E-state index in [4.69, 9.17) is 4.42 Å². The number of aromatic amines is 1. The summed E-state index contributed by atoms with van der Waals surface area (Å²) in [7, 11) is -1.64. The van der Waals surface area contributed by atoms with Gasteiger partial charge in [-0.15, -0.1) is 0 Å². The van der Waals surface area contributed by atoms with Gasteiger partial charge < -0.3 is 4.42 Å². The van der Waals surface area contributed by atoms with E-state index in [2.05, 4.69) is 15.1 Å². The number of hydrogen-bond acceptors (Lipinski definition) is 5. The van der Waals surface area contributed by atoms with Crippen LogP contribution in [0.25, 0.3) is 0 Å². The van der Waals surface area contributed by atoms with E-state index in [1.54, 1.807) is 7.05 Å². The fraction of sp³-hybridized carbons (Fsp3) is 0.588. The maximum atomic E-state index is 11.5. The summed E-state index contributed by atoms with van der Waals surface area (Å²) < 4.78 is 30.1. The number of H-pyrrole nitrogens is 1. The van der Waals surface area contributed by atoms with Gasteiger partial charge >= 0.3 is 0 Å². The molecule has 2 aromatic rings. The summed E-state index contributed by atoms with van der Waals surface area (Å²) in [4.78, 5) is 2.37. The second kappa shape index (κ2) is 6.26. The molecule has 3 heterocycles. The van der Waals surface area contributed by atoms with Crippen LogP contribution in [0.5, 0.6) is 0 Å². The normalized spacial score (nSPS) is 18.7. The van der Waals surface area contributed by atoms with Gasteiger partial charge in [-0.2, -0.15) is 9.40 Å². The number of hydrogen-bond donors (Lipinski definition) is 1. The Balaban J connectivity index is 1.41. The molecule has 0 unspecified atom stereocenters. The number of sulfonamides is 1. The van der Waals surface area contributed by atoms with Crippen molar-refractivity contribution in [3.8, 4) is 0 Å². The molecule has 1 saturated carbocycles. The quantitative estimate of drug-likeness (QED) is 0.846. The standard InChI is InChI=1S/C17H24N4O3S/c1-20(25(2,22)23)9-13-5-6-14(24-13)10-21-8-7-16-15(11-21)17(19-18-16)12-3-4-12/h5-6,12H,3-4,7-11H2,1-2H3,(H,18,19). The van der Waals surface area contributed by atoms with E-state index in [9.17, 15) is 8.42 Å². The minimum Gasteiger partial charge on any atom is -0.463 e. The molecule has 2 aromatic heterocycles. The number of aromatic nitrogens is 2. The van der Waals surface area contributed by atoms with Gasteiger partial charge in [-0.05, 0) is 25.0 Å². The van der Waals surface area contributed by atoms with Crippen molar-refractivity contribution in [2.75, 3.05) is 19.8 Å². The van der Waals surface area contributed by atoms with E-state index in [0.29, 0.717) is 11.7 Å². The molecular weight excluding hydrogens is 340 g/mol. The van der Waals surface area contributed by atoms with Gasteiger partial charge in [-0.3, -0.25) is 10.00 Å². The molecule has 1 aliphatic carbocycles. The zero-order valence-corrected chi connectivity index (χ0v) is 15.5. The first-order valence-corrected chi connectivity index (χ1v) is 10.5. The molecular formula is C17H24N4O3S. The molecule has 25 heavy (non-hydrogen) atoms. The fourth-order valence-corrected chi connectivity index (χ4v) is 3.71. The predicted molar refractivity (Wildman–Crippen MR) is 93.4 cm³/mol. The van der Waals surface area contributed by atoms with Crippen molar-refractivity contribution in [2.24, 2.45) is 0 Å². The molecule has 0 amide bonds. The molecule has 1 aliphatic heterocycles. The van der Waals surface area contributed by atoms with Gasteiger partial charge in [0.15, 0.2) is 0 Å². The molecule has 2 aliphatic rings. The summed E-state index contributed by atoms with van der Waals surface area (Å²) in [5.41, 5.74) is 3.92. The van der Waals surface area contributed by atoms with Crippen molar-refractivity contribution in [1.29, 1.82) is 0 Å². The number of rotatable bonds is 6. The Morgan fingerprint density at radius 1 is 1.36 bits per heavy atom. The summed E-state index contributed by atoms with van der Waals surface area (Å²) in [5, 5.41) is 7.73. The summed E-state index contributed by atoms with van der Waals surface area (Å²) in [6.07, 6.45) is 4.70. The summed E-state index contributed by atoms with van der Waals surface area (Å²) in [6.45, 7) is 2.86. The largest absolute Gasteiger partial charge is 0.463 e. The summed E-state index contributed by atoms with van der Waals surface area (Å²) >= 11 is 0. The van der Waals surface area contributed by atoms with Crippen LogP contribution in [0.4, 0.5) is 0 Å². The number of fused-ring (bicyclic) bond motifs is 1. The molecule has 136 valence electrons. The van der Waals surface area contributed by atoms with Gasteiger partial charge in [-0.1, -0.05) is 0 Å². The summed E-state index contributed by atoms with van der Waals surface area (Å²) in [5.74, 6) is 2.20. The number of nitrogens with one attached hydrogen (secondary N) is 1. The number of nitrogens with zero attached hydrogens (tertiary/aromatic N) is 3. The van der Waals surface area contributed by atoms with Crippen LogP contribution in [0, 0.1) is 0 Å². The van der Waals surface area contributed by atoms with E-state index in [1.165, 1.54) is 40.4 Å². The Labute approximate surface area is 148 Å². The van der Waals surface area contributed by atoms with Gasteiger partial charge in [0, 0.05) is 43.7 Å². The molecule has 0 bridgehead atoms. The van der Waals surface area contributed by atoms with Crippen molar-refractivity contribution in [1.82, 2.24) is 19.4 Å². The van der Waals surface area contributed by atoms with Gasteiger partial charge in [0.2, 0.25) is 10.0 Å². The van der Waals surface area contributed by atoms with Crippen molar-refractivity contribution >= 4 is 10.0 Å². The van der Waals surface area contributed by atoms with Crippen molar-refractivity contribution in [3.05, 3.63) is 40.6 Å². The summed E-state index contributed by atoms with van der Waals surface area (Å²) in [6, 6.07) is 3.80. The van der Waals surface area contributed by atoms with E-state index < -0.39 is 10.0 Å². The third-order valence-corrected chi connectivity index (χ3v) is 6.31. The van der Waals surface area contributed by atoms with Crippen LogP contribution in [-0.2, 0) is 36.1 Å². The van der Waals surface area contributed by atoms with Crippen LogP contribution in [0.15, 0.2) is 16.5 Å². The van der Waals surface area contributed by atoms with Crippen LogP contribution in [-0.4, -0.2) is 47.7 Å². The third kappa shape index (κ3) is 3.65.